The van der Waals surface area contributed by atoms with Gasteiger partial charge in [0.25, 0.3) is 0 Å². The van der Waals surface area contributed by atoms with E-state index in [0.717, 1.165) is 18.9 Å². The molecule has 0 spiro atoms. The Kier molecular flexibility index (Phi) is 3.34. The van der Waals surface area contributed by atoms with Gasteiger partial charge in [-0.2, -0.15) is 0 Å². The van der Waals surface area contributed by atoms with E-state index in [1.54, 1.807) is 0 Å². The minimum absolute atomic E-state index is 0.0719. The lowest BCUT2D eigenvalue weighted by molar-refractivity contribution is 0.432. The van der Waals surface area contributed by atoms with Crippen molar-refractivity contribution in [2.24, 2.45) is 11.3 Å². The molecule has 0 radical (unpaired) electrons. The molecule has 0 unspecified atom stereocenters. The number of nitrogens with one attached hydrogen (secondary N) is 1. The molecular formula is C13H16BrFN2O2S. The Balaban J connectivity index is 1.79. The van der Waals surface area contributed by atoms with Crippen molar-refractivity contribution in [2.75, 3.05) is 12.3 Å². The topological polar surface area (TPSA) is 72.2 Å². The highest BCUT2D eigenvalue weighted by Crippen LogP contribution is 2.60. The first-order chi connectivity index (χ1) is 9.34. The van der Waals surface area contributed by atoms with Gasteiger partial charge < -0.3 is 5.73 Å². The molecule has 0 aromatic heterocycles. The number of anilines is 1. The van der Waals surface area contributed by atoms with Gasteiger partial charge in [-0.15, -0.1) is 0 Å². The van der Waals surface area contributed by atoms with Gasteiger partial charge in [0.05, 0.1) is 10.2 Å². The van der Waals surface area contributed by atoms with Crippen molar-refractivity contribution < 1.29 is 12.8 Å². The molecule has 110 valence electrons. The van der Waals surface area contributed by atoms with Gasteiger partial charge in [-0.1, -0.05) is 0 Å². The minimum atomic E-state index is -3.70. The van der Waals surface area contributed by atoms with E-state index in [1.165, 1.54) is 18.9 Å². The predicted molar refractivity (Wildman–Crippen MR) is 78.1 cm³/mol. The van der Waals surface area contributed by atoms with Crippen LogP contribution in [0, 0.1) is 17.2 Å². The number of benzene rings is 1. The summed E-state index contributed by atoms with van der Waals surface area (Å²) in [4.78, 5) is -0.0719. The van der Waals surface area contributed by atoms with Crippen LogP contribution in [-0.4, -0.2) is 15.0 Å². The van der Waals surface area contributed by atoms with E-state index in [-0.39, 0.29) is 20.5 Å². The Bertz CT molecular complexity index is 655. The second-order valence-corrected chi connectivity index (χ2v) is 8.36. The lowest BCUT2D eigenvalue weighted by Crippen LogP contribution is -2.31. The second-order valence-electron chi connectivity index (χ2n) is 5.77. The van der Waals surface area contributed by atoms with Crippen LogP contribution in [-0.2, 0) is 10.0 Å². The van der Waals surface area contributed by atoms with E-state index in [0.29, 0.717) is 12.5 Å². The standard InChI is InChI=1S/C13H16BrFN2O2S/c14-9-5-12(11(16)6-10(9)15)20(18,19)17-7-13(3-4-13)8-1-2-8/h5-6,8,17H,1-4,7,16H2. The summed E-state index contributed by atoms with van der Waals surface area (Å²) in [5, 5.41) is 0. The molecule has 7 heteroatoms. The number of nitrogen functional groups attached to an aromatic ring is 1. The predicted octanol–water partition coefficient (Wildman–Crippen LogP) is 2.64. The van der Waals surface area contributed by atoms with Gasteiger partial charge in [0, 0.05) is 6.54 Å². The molecule has 3 rings (SSSR count). The van der Waals surface area contributed by atoms with E-state index in [1.807, 2.05) is 0 Å². The first-order valence-electron chi connectivity index (χ1n) is 6.58. The third-order valence-electron chi connectivity index (χ3n) is 4.29. The van der Waals surface area contributed by atoms with Crippen molar-refractivity contribution in [3.05, 3.63) is 22.4 Å². The van der Waals surface area contributed by atoms with Gasteiger partial charge in [0.15, 0.2) is 0 Å². The average molecular weight is 363 g/mol. The van der Waals surface area contributed by atoms with E-state index in [2.05, 4.69) is 20.7 Å². The fraction of sp³-hybridized carbons (Fsp3) is 0.538. The minimum Gasteiger partial charge on any atom is -0.398 e. The van der Waals surface area contributed by atoms with Gasteiger partial charge in [0.2, 0.25) is 10.0 Å². The van der Waals surface area contributed by atoms with Crippen molar-refractivity contribution in [1.82, 2.24) is 4.72 Å². The maximum Gasteiger partial charge on any atom is 0.242 e. The zero-order chi connectivity index (χ0) is 14.5. The van der Waals surface area contributed by atoms with Crippen molar-refractivity contribution in [3.8, 4) is 0 Å². The summed E-state index contributed by atoms with van der Waals surface area (Å²) >= 11 is 2.99. The normalized spacial score (nSPS) is 20.9. The molecular weight excluding hydrogens is 347 g/mol. The number of hydrogen-bond acceptors (Lipinski definition) is 3. The van der Waals surface area contributed by atoms with Crippen LogP contribution < -0.4 is 10.5 Å². The highest BCUT2D eigenvalue weighted by Gasteiger charge is 2.53. The van der Waals surface area contributed by atoms with E-state index < -0.39 is 15.8 Å². The molecule has 4 nitrogen and oxygen atoms in total. The average Bonchev–Trinajstić information content (AvgIpc) is 3.24. The van der Waals surface area contributed by atoms with Gasteiger partial charge in [0.1, 0.15) is 10.7 Å². The summed E-state index contributed by atoms with van der Waals surface area (Å²) in [6.07, 6.45) is 4.57. The zero-order valence-corrected chi connectivity index (χ0v) is 13.2. The SMILES string of the molecule is Nc1cc(F)c(Br)cc1S(=O)(=O)NCC1(C2CC2)CC1. The molecule has 2 aliphatic rings. The van der Waals surface area contributed by atoms with Crippen LogP contribution in [0.1, 0.15) is 25.7 Å². The van der Waals surface area contributed by atoms with Crippen LogP contribution in [0.15, 0.2) is 21.5 Å². The highest BCUT2D eigenvalue weighted by atomic mass is 79.9. The lowest BCUT2D eigenvalue weighted by Gasteiger charge is -2.16. The number of hydrogen-bond donors (Lipinski definition) is 2. The number of halogens is 2. The number of nitrogens with two attached hydrogens (primary N) is 1. The Morgan fingerprint density at radius 3 is 2.60 bits per heavy atom. The molecule has 0 saturated heterocycles. The van der Waals surface area contributed by atoms with Crippen LogP contribution >= 0.6 is 15.9 Å². The fourth-order valence-electron chi connectivity index (χ4n) is 2.68. The molecule has 2 fully saturated rings. The van der Waals surface area contributed by atoms with Gasteiger partial charge >= 0.3 is 0 Å². The first-order valence-corrected chi connectivity index (χ1v) is 8.86. The Morgan fingerprint density at radius 2 is 2.05 bits per heavy atom. The van der Waals surface area contributed by atoms with Crippen LogP contribution in [0.3, 0.4) is 0 Å². The molecule has 0 aliphatic heterocycles. The van der Waals surface area contributed by atoms with Crippen LogP contribution in [0.5, 0.6) is 0 Å². The quantitative estimate of drug-likeness (QED) is 0.790. The maximum atomic E-state index is 13.3. The fourth-order valence-corrected chi connectivity index (χ4v) is 4.45. The van der Waals surface area contributed by atoms with Gasteiger partial charge in [-0.3, -0.25) is 0 Å². The van der Waals surface area contributed by atoms with Gasteiger partial charge in [-0.25, -0.2) is 17.5 Å². The molecule has 0 bridgehead atoms. The zero-order valence-electron chi connectivity index (χ0n) is 10.8. The Labute approximate surface area is 126 Å². The lowest BCUT2D eigenvalue weighted by atomic mass is 10.0. The Hall–Kier alpha value is -0.660. The monoisotopic (exact) mass is 362 g/mol. The second kappa shape index (κ2) is 4.68. The summed E-state index contributed by atoms with van der Waals surface area (Å²) < 4.78 is 40.6. The van der Waals surface area contributed by atoms with Crippen molar-refractivity contribution in [1.29, 1.82) is 0 Å². The van der Waals surface area contributed by atoms with Crippen LogP contribution in [0.2, 0.25) is 0 Å². The van der Waals surface area contributed by atoms with Crippen LogP contribution in [0.25, 0.3) is 0 Å². The summed E-state index contributed by atoms with van der Waals surface area (Å²) in [6.45, 7) is 0.453. The summed E-state index contributed by atoms with van der Waals surface area (Å²) in [5.41, 5.74) is 5.71. The van der Waals surface area contributed by atoms with Crippen molar-refractivity contribution in [3.63, 3.8) is 0 Å². The van der Waals surface area contributed by atoms with Gasteiger partial charge in [-0.05, 0) is 65.1 Å². The molecule has 0 heterocycles. The molecule has 1 aromatic carbocycles. The van der Waals surface area contributed by atoms with Crippen molar-refractivity contribution >= 4 is 31.6 Å². The first kappa shape index (κ1) is 14.3. The molecule has 2 saturated carbocycles. The summed E-state index contributed by atoms with van der Waals surface area (Å²) in [7, 11) is -3.70. The third-order valence-corrected chi connectivity index (χ3v) is 6.36. The van der Waals surface area contributed by atoms with E-state index in [4.69, 9.17) is 5.73 Å². The van der Waals surface area contributed by atoms with Crippen molar-refractivity contribution in [2.45, 2.75) is 30.6 Å². The molecule has 20 heavy (non-hydrogen) atoms. The largest absolute Gasteiger partial charge is 0.398 e. The molecule has 0 atom stereocenters. The molecule has 1 aromatic rings. The maximum absolute atomic E-state index is 13.3. The molecule has 0 amide bonds. The third kappa shape index (κ3) is 2.58. The highest BCUT2D eigenvalue weighted by molar-refractivity contribution is 9.10. The molecule has 3 N–H and O–H groups in total. The smallest absolute Gasteiger partial charge is 0.242 e. The van der Waals surface area contributed by atoms with E-state index in [9.17, 15) is 12.8 Å². The number of rotatable bonds is 5. The van der Waals surface area contributed by atoms with E-state index >= 15 is 0 Å². The molecule has 2 aliphatic carbocycles. The Morgan fingerprint density at radius 1 is 1.40 bits per heavy atom. The van der Waals surface area contributed by atoms with Crippen LogP contribution in [0.4, 0.5) is 10.1 Å². The summed E-state index contributed by atoms with van der Waals surface area (Å²) in [6, 6.07) is 2.23. The summed E-state index contributed by atoms with van der Waals surface area (Å²) in [5.74, 6) is 0.0978. The number of sulfonamides is 1.